The van der Waals surface area contributed by atoms with Gasteiger partial charge in [0.05, 0.1) is 12.6 Å². The highest BCUT2D eigenvalue weighted by atomic mass is 16.5. The van der Waals surface area contributed by atoms with Crippen molar-refractivity contribution in [2.24, 2.45) is 12.8 Å². The molecule has 0 saturated heterocycles. The van der Waals surface area contributed by atoms with Crippen molar-refractivity contribution in [3.05, 3.63) is 62.6 Å². The number of nitrogens with zero attached hydrogens (tertiary/aromatic N) is 4. The first-order chi connectivity index (χ1) is 16.6. The molecule has 11 nitrogen and oxygen atoms in total. The third kappa shape index (κ3) is 7.38. The molecule has 0 unspecified atom stereocenters. The number of hydrogen-bond donors (Lipinski definition) is 2. The number of fused-ring (bicyclic) bond motifs is 1. The van der Waals surface area contributed by atoms with Gasteiger partial charge in [-0.25, -0.2) is 9.78 Å². The summed E-state index contributed by atoms with van der Waals surface area (Å²) in [5.41, 5.74) is 6.84. The minimum atomic E-state index is -0.833. The number of benzene rings is 1. The van der Waals surface area contributed by atoms with E-state index < -0.39 is 11.7 Å². The molecule has 2 aromatic heterocycles. The van der Waals surface area contributed by atoms with Crippen LogP contribution in [-0.2, 0) is 41.0 Å². The van der Waals surface area contributed by atoms with Gasteiger partial charge < -0.3 is 20.1 Å². The number of carbonyl (C=O) groups is 2. The molecular weight excluding hydrogens is 454 g/mol. The van der Waals surface area contributed by atoms with Crippen molar-refractivity contribution in [1.82, 2.24) is 18.7 Å². The molecule has 0 aliphatic heterocycles. The molecule has 3 aromatic rings. The van der Waals surface area contributed by atoms with Crippen LogP contribution in [-0.4, -0.2) is 41.8 Å². The summed E-state index contributed by atoms with van der Waals surface area (Å²) >= 11 is 0. The maximum atomic E-state index is 13.3. The van der Waals surface area contributed by atoms with E-state index in [9.17, 15) is 14.4 Å². The number of rotatable bonds is 9. The Kier molecular flexibility index (Phi) is 9.95. The number of esters is 1. The summed E-state index contributed by atoms with van der Waals surface area (Å²) in [5.74, 6) is -0.593. The second kappa shape index (κ2) is 12.7. The van der Waals surface area contributed by atoms with Crippen LogP contribution >= 0.6 is 0 Å². The Labute approximate surface area is 202 Å². The lowest BCUT2D eigenvalue weighted by atomic mass is 10.1. The Morgan fingerprint density at radius 1 is 1.11 bits per heavy atom. The molecule has 1 aromatic carbocycles. The van der Waals surface area contributed by atoms with Gasteiger partial charge in [-0.3, -0.25) is 23.5 Å². The maximum Gasteiger partial charge on any atom is 0.332 e. The number of imidazole rings is 1. The second-order valence-corrected chi connectivity index (χ2v) is 8.21. The lowest BCUT2D eigenvalue weighted by molar-refractivity contribution is -0.145. The highest BCUT2D eigenvalue weighted by molar-refractivity contribution is 5.71. The van der Waals surface area contributed by atoms with Crippen molar-refractivity contribution in [2.75, 3.05) is 0 Å². The lowest BCUT2D eigenvalue weighted by Crippen LogP contribution is -2.39. The van der Waals surface area contributed by atoms with Crippen LogP contribution < -0.4 is 17.0 Å². The molecule has 2 heterocycles. The molecule has 1 atom stereocenters. The molecule has 190 valence electrons. The molecule has 0 aliphatic carbocycles. The fraction of sp³-hybridized carbons (Fsp3) is 0.458. The van der Waals surface area contributed by atoms with Gasteiger partial charge >= 0.3 is 11.7 Å². The van der Waals surface area contributed by atoms with E-state index in [1.54, 1.807) is 11.6 Å². The molecule has 3 N–H and O–H groups in total. The van der Waals surface area contributed by atoms with Crippen molar-refractivity contribution >= 4 is 23.1 Å². The third-order valence-electron chi connectivity index (χ3n) is 5.29. The monoisotopic (exact) mass is 487 g/mol. The van der Waals surface area contributed by atoms with E-state index in [1.807, 2.05) is 37.3 Å². The van der Waals surface area contributed by atoms with Crippen LogP contribution in [0.5, 0.6) is 0 Å². The van der Waals surface area contributed by atoms with Crippen molar-refractivity contribution < 1.29 is 19.4 Å². The first-order valence-electron chi connectivity index (χ1n) is 11.4. The largest absolute Gasteiger partial charge is 0.481 e. The van der Waals surface area contributed by atoms with Crippen LogP contribution in [0.15, 0.2) is 39.9 Å². The van der Waals surface area contributed by atoms with Crippen molar-refractivity contribution in [1.29, 1.82) is 0 Å². The van der Waals surface area contributed by atoms with Gasteiger partial charge in [0.2, 0.25) is 0 Å². The number of aliphatic carboxylic acids is 1. The van der Waals surface area contributed by atoms with Gasteiger partial charge in [-0.05, 0) is 31.7 Å². The molecule has 0 bridgehead atoms. The average molecular weight is 488 g/mol. The topological polar surface area (TPSA) is 151 Å². The van der Waals surface area contributed by atoms with E-state index in [0.29, 0.717) is 36.4 Å². The number of aryl methyl sites for hydroxylation is 1. The van der Waals surface area contributed by atoms with Gasteiger partial charge in [0.15, 0.2) is 11.2 Å². The standard InChI is InChI=1S/C22H29N5O4.C2H4O2/c1-15(31-16(2)28)9-7-8-12-26-21(29)19-20(25(3)22(26)30)24-18(13-23)27(19)14-17-10-5-4-6-11-17;1-2(3)4/h4-6,10-11,15H,7-9,12-14,23H2,1-3H3;1H3,(H,3,4)/t15-;/m1./s1. The maximum absolute atomic E-state index is 13.3. The molecule has 0 spiro atoms. The molecule has 3 rings (SSSR count). The summed E-state index contributed by atoms with van der Waals surface area (Å²) in [7, 11) is 1.61. The number of aromatic nitrogens is 4. The van der Waals surface area contributed by atoms with E-state index in [0.717, 1.165) is 18.9 Å². The quantitative estimate of drug-likeness (QED) is 0.341. The van der Waals surface area contributed by atoms with Gasteiger partial charge in [-0.2, -0.15) is 0 Å². The first kappa shape index (κ1) is 27.5. The third-order valence-corrected chi connectivity index (χ3v) is 5.29. The highest BCUT2D eigenvalue weighted by Crippen LogP contribution is 2.14. The van der Waals surface area contributed by atoms with Crippen LogP contribution in [0, 0.1) is 0 Å². The molecular formula is C24H33N5O6. The summed E-state index contributed by atoms with van der Waals surface area (Å²) in [6, 6.07) is 9.73. The lowest BCUT2D eigenvalue weighted by Gasteiger charge is -2.13. The predicted octanol–water partition coefficient (Wildman–Crippen LogP) is 1.62. The summed E-state index contributed by atoms with van der Waals surface area (Å²) < 4.78 is 9.57. The molecule has 0 saturated carbocycles. The van der Waals surface area contributed by atoms with Crippen LogP contribution in [0.4, 0.5) is 0 Å². The van der Waals surface area contributed by atoms with E-state index in [1.165, 1.54) is 16.1 Å². The number of unbranched alkanes of at least 4 members (excludes halogenated alkanes) is 1. The Morgan fingerprint density at radius 3 is 2.31 bits per heavy atom. The summed E-state index contributed by atoms with van der Waals surface area (Å²) in [4.78, 5) is 50.6. The first-order valence-corrected chi connectivity index (χ1v) is 11.4. The van der Waals surface area contributed by atoms with Crippen molar-refractivity contribution in [3.8, 4) is 0 Å². The zero-order valence-electron chi connectivity index (χ0n) is 20.6. The molecule has 35 heavy (non-hydrogen) atoms. The minimum absolute atomic E-state index is 0.156. The van der Waals surface area contributed by atoms with E-state index in [-0.39, 0.29) is 30.7 Å². The van der Waals surface area contributed by atoms with E-state index in [4.69, 9.17) is 20.4 Å². The smallest absolute Gasteiger partial charge is 0.332 e. The zero-order chi connectivity index (χ0) is 26.1. The average Bonchev–Trinajstić information content (AvgIpc) is 3.15. The van der Waals surface area contributed by atoms with Gasteiger partial charge in [0.1, 0.15) is 5.82 Å². The molecule has 0 radical (unpaired) electrons. The zero-order valence-corrected chi connectivity index (χ0v) is 20.6. The normalized spacial score (nSPS) is 11.6. The molecule has 0 aliphatic rings. The van der Waals surface area contributed by atoms with Crippen LogP contribution in [0.3, 0.4) is 0 Å². The fourth-order valence-corrected chi connectivity index (χ4v) is 3.75. The fourth-order valence-electron chi connectivity index (χ4n) is 3.75. The van der Waals surface area contributed by atoms with Crippen LogP contribution in [0.2, 0.25) is 0 Å². The number of carboxylic acids is 1. The Balaban J connectivity index is 0.00000100. The highest BCUT2D eigenvalue weighted by Gasteiger charge is 2.20. The Bertz CT molecular complexity index is 1270. The number of hydrogen-bond acceptors (Lipinski definition) is 7. The van der Waals surface area contributed by atoms with E-state index in [2.05, 4.69) is 4.98 Å². The van der Waals surface area contributed by atoms with Crippen LogP contribution in [0.25, 0.3) is 11.2 Å². The molecule has 11 heteroatoms. The Hall–Kier alpha value is -3.73. The number of carbonyl (C=O) groups excluding carboxylic acids is 1. The molecule has 0 amide bonds. The van der Waals surface area contributed by atoms with Crippen molar-refractivity contribution in [2.45, 2.75) is 65.8 Å². The van der Waals surface area contributed by atoms with Gasteiger partial charge in [-0.15, -0.1) is 0 Å². The number of nitrogens with two attached hydrogens (primary N) is 1. The summed E-state index contributed by atoms with van der Waals surface area (Å²) in [5, 5.41) is 7.42. The minimum Gasteiger partial charge on any atom is -0.481 e. The van der Waals surface area contributed by atoms with Gasteiger partial charge in [0.25, 0.3) is 11.5 Å². The number of carboxylic acid groups (broad SMARTS) is 1. The summed E-state index contributed by atoms with van der Waals surface area (Å²) in [6.45, 7) is 5.17. The summed E-state index contributed by atoms with van der Waals surface area (Å²) in [6.07, 6.45) is 1.81. The second-order valence-electron chi connectivity index (χ2n) is 8.21. The number of ether oxygens (including phenoxy) is 1. The SMILES string of the molecule is CC(=O)O.CC(=O)O[C@H](C)CCCCn1c(=O)c2c(nc(CN)n2Cc2ccccc2)n(C)c1=O. The Morgan fingerprint density at radius 2 is 1.74 bits per heavy atom. The van der Waals surface area contributed by atoms with Gasteiger partial charge in [-0.1, -0.05) is 30.3 Å². The predicted molar refractivity (Wildman–Crippen MR) is 131 cm³/mol. The van der Waals surface area contributed by atoms with Crippen molar-refractivity contribution in [3.63, 3.8) is 0 Å². The molecule has 0 fully saturated rings. The van der Waals surface area contributed by atoms with E-state index >= 15 is 0 Å². The van der Waals surface area contributed by atoms with Gasteiger partial charge in [0, 0.05) is 34.0 Å². The van der Waals surface area contributed by atoms with Crippen LogP contribution in [0.1, 0.15) is 51.4 Å².